The second kappa shape index (κ2) is 5.58. The molecule has 20 heavy (non-hydrogen) atoms. The van der Waals surface area contributed by atoms with Crippen LogP contribution in [0.2, 0.25) is 0 Å². The van der Waals surface area contributed by atoms with Gasteiger partial charge in [0.25, 0.3) is 5.91 Å². The van der Waals surface area contributed by atoms with E-state index in [1.807, 2.05) is 6.07 Å². The molecule has 0 saturated carbocycles. The molecule has 0 aromatic carbocycles. The molecular formula is C15H22N2O3. The summed E-state index contributed by atoms with van der Waals surface area (Å²) in [5, 5.41) is 0. The molecule has 0 aliphatic carbocycles. The number of rotatable bonds is 3. The number of hydrogen-bond acceptors (Lipinski definition) is 4. The van der Waals surface area contributed by atoms with E-state index in [0.717, 1.165) is 32.5 Å². The van der Waals surface area contributed by atoms with Crippen LogP contribution in [0.25, 0.3) is 0 Å². The second-order valence-electron chi connectivity index (χ2n) is 6.05. The van der Waals surface area contributed by atoms with Crippen LogP contribution in [-0.4, -0.2) is 55.1 Å². The van der Waals surface area contributed by atoms with Gasteiger partial charge in [0.1, 0.15) is 6.10 Å². The van der Waals surface area contributed by atoms with Crippen molar-refractivity contribution in [2.45, 2.75) is 31.6 Å². The maximum absolute atomic E-state index is 12.0. The van der Waals surface area contributed by atoms with E-state index in [1.54, 1.807) is 31.5 Å². The standard InChI is InChI=1S/C15H22N2O3/c1-16(2)15(18)13-7-12-3-5-17(9-14(12)20-13)8-11-4-6-19-10-11/h4,6,10,12-14H,3,5,7-9H2,1-2H3/t12-,13+,14-/m1/s1. The van der Waals surface area contributed by atoms with Crippen molar-refractivity contribution in [3.05, 3.63) is 24.2 Å². The highest BCUT2D eigenvalue weighted by atomic mass is 16.5. The summed E-state index contributed by atoms with van der Waals surface area (Å²) in [6.07, 6.45) is 5.44. The lowest BCUT2D eigenvalue weighted by atomic mass is 9.91. The molecule has 0 spiro atoms. The van der Waals surface area contributed by atoms with Crippen LogP contribution in [0.1, 0.15) is 18.4 Å². The first-order valence-electron chi connectivity index (χ1n) is 7.23. The molecule has 2 aliphatic heterocycles. The van der Waals surface area contributed by atoms with Crippen molar-refractivity contribution in [1.29, 1.82) is 0 Å². The van der Waals surface area contributed by atoms with E-state index >= 15 is 0 Å². The topological polar surface area (TPSA) is 45.9 Å². The van der Waals surface area contributed by atoms with Crippen molar-refractivity contribution in [2.24, 2.45) is 5.92 Å². The second-order valence-corrected chi connectivity index (χ2v) is 6.05. The molecule has 0 radical (unpaired) electrons. The van der Waals surface area contributed by atoms with Gasteiger partial charge in [-0.2, -0.15) is 0 Å². The van der Waals surface area contributed by atoms with Gasteiger partial charge in [0.15, 0.2) is 0 Å². The highest BCUT2D eigenvalue weighted by molar-refractivity contribution is 5.80. The zero-order valence-electron chi connectivity index (χ0n) is 12.1. The monoisotopic (exact) mass is 278 g/mol. The summed E-state index contributed by atoms with van der Waals surface area (Å²) in [7, 11) is 3.58. The molecule has 3 heterocycles. The van der Waals surface area contributed by atoms with Gasteiger partial charge in [-0.3, -0.25) is 9.69 Å². The lowest BCUT2D eigenvalue weighted by molar-refractivity contribution is -0.141. The van der Waals surface area contributed by atoms with E-state index in [1.165, 1.54) is 5.56 Å². The van der Waals surface area contributed by atoms with Crippen LogP contribution in [-0.2, 0) is 16.1 Å². The molecule has 0 N–H and O–H groups in total. The SMILES string of the molecule is CN(C)C(=O)[C@@H]1C[C@H]2CCN(Cc3ccoc3)C[C@H]2O1. The quantitative estimate of drug-likeness (QED) is 0.837. The minimum atomic E-state index is -0.242. The highest BCUT2D eigenvalue weighted by Crippen LogP contribution is 2.34. The van der Waals surface area contributed by atoms with Gasteiger partial charge in [0.05, 0.1) is 18.6 Å². The third-order valence-electron chi connectivity index (χ3n) is 4.34. The summed E-state index contributed by atoms with van der Waals surface area (Å²) in [6, 6.07) is 2.00. The van der Waals surface area contributed by atoms with Crippen LogP contribution in [0.4, 0.5) is 0 Å². The number of likely N-dealkylation sites (N-methyl/N-ethyl adjacent to an activating group) is 1. The van der Waals surface area contributed by atoms with Crippen LogP contribution >= 0.6 is 0 Å². The Kier molecular flexibility index (Phi) is 3.81. The predicted molar refractivity (Wildman–Crippen MR) is 74.1 cm³/mol. The number of hydrogen-bond donors (Lipinski definition) is 0. The lowest BCUT2D eigenvalue weighted by Crippen LogP contribution is -2.42. The molecule has 3 rings (SSSR count). The van der Waals surface area contributed by atoms with Crippen LogP contribution in [0, 0.1) is 5.92 Å². The Balaban J connectivity index is 1.57. The number of piperidine rings is 1. The molecule has 1 aromatic rings. The highest BCUT2D eigenvalue weighted by Gasteiger charge is 2.42. The third-order valence-corrected chi connectivity index (χ3v) is 4.34. The van der Waals surface area contributed by atoms with Gasteiger partial charge in [-0.25, -0.2) is 0 Å². The van der Waals surface area contributed by atoms with Crippen molar-refractivity contribution < 1.29 is 13.9 Å². The van der Waals surface area contributed by atoms with E-state index < -0.39 is 0 Å². The summed E-state index contributed by atoms with van der Waals surface area (Å²) in [5.41, 5.74) is 1.20. The van der Waals surface area contributed by atoms with E-state index in [-0.39, 0.29) is 18.1 Å². The average molecular weight is 278 g/mol. The van der Waals surface area contributed by atoms with Gasteiger partial charge in [-0.05, 0) is 31.4 Å². The predicted octanol–water partition coefficient (Wildman–Crippen LogP) is 1.35. The van der Waals surface area contributed by atoms with Gasteiger partial charge in [-0.15, -0.1) is 0 Å². The first-order chi connectivity index (χ1) is 9.63. The number of amides is 1. The molecule has 5 heteroatoms. The molecule has 2 saturated heterocycles. The van der Waals surface area contributed by atoms with E-state index in [2.05, 4.69) is 4.90 Å². The average Bonchev–Trinajstić information content (AvgIpc) is 3.06. The van der Waals surface area contributed by atoms with Gasteiger partial charge < -0.3 is 14.1 Å². The molecule has 5 nitrogen and oxygen atoms in total. The van der Waals surface area contributed by atoms with E-state index in [0.29, 0.717) is 5.92 Å². The maximum Gasteiger partial charge on any atom is 0.251 e. The molecule has 0 bridgehead atoms. The van der Waals surface area contributed by atoms with Gasteiger partial charge in [-0.1, -0.05) is 0 Å². The first kappa shape index (κ1) is 13.6. The Hall–Kier alpha value is -1.33. The lowest BCUT2D eigenvalue weighted by Gasteiger charge is -2.33. The Morgan fingerprint density at radius 2 is 2.35 bits per heavy atom. The number of likely N-dealkylation sites (tertiary alicyclic amines) is 1. The number of carbonyl (C=O) groups is 1. The molecule has 2 aliphatic rings. The summed E-state index contributed by atoms with van der Waals surface area (Å²) >= 11 is 0. The van der Waals surface area contributed by atoms with Crippen LogP contribution in [0.5, 0.6) is 0 Å². The summed E-state index contributed by atoms with van der Waals surface area (Å²) < 4.78 is 11.1. The zero-order chi connectivity index (χ0) is 14.1. The molecule has 3 atom stereocenters. The smallest absolute Gasteiger partial charge is 0.251 e. The number of furan rings is 1. The molecule has 1 amide bonds. The van der Waals surface area contributed by atoms with Crippen molar-refractivity contribution in [3.63, 3.8) is 0 Å². The first-order valence-corrected chi connectivity index (χ1v) is 7.23. The van der Waals surface area contributed by atoms with Gasteiger partial charge in [0, 0.05) is 32.7 Å². The fraction of sp³-hybridized carbons (Fsp3) is 0.667. The van der Waals surface area contributed by atoms with Crippen molar-refractivity contribution in [1.82, 2.24) is 9.80 Å². The van der Waals surface area contributed by atoms with Crippen molar-refractivity contribution >= 4 is 5.91 Å². The summed E-state index contributed by atoms with van der Waals surface area (Å²) in [4.78, 5) is 16.0. The number of nitrogens with zero attached hydrogens (tertiary/aromatic N) is 2. The van der Waals surface area contributed by atoms with Crippen LogP contribution < -0.4 is 0 Å². The Morgan fingerprint density at radius 3 is 3.05 bits per heavy atom. The van der Waals surface area contributed by atoms with Gasteiger partial charge in [0.2, 0.25) is 0 Å². The molecule has 1 aromatic heterocycles. The zero-order valence-corrected chi connectivity index (χ0v) is 12.1. The minimum absolute atomic E-state index is 0.0979. The normalized spacial score (nSPS) is 30.2. The number of ether oxygens (including phenoxy) is 1. The van der Waals surface area contributed by atoms with Crippen molar-refractivity contribution in [2.75, 3.05) is 27.2 Å². The molecular weight excluding hydrogens is 256 g/mol. The van der Waals surface area contributed by atoms with E-state index in [9.17, 15) is 4.79 Å². The summed E-state index contributed by atoms with van der Waals surface area (Å²) in [6.45, 7) is 2.88. The maximum atomic E-state index is 12.0. The fourth-order valence-electron chi connectivity index (χ4n) is 3.23. The molecule has 2 fully saturated rings. The fourth-order valence-corrected chi connectivity index (χ4v) is 3.23. The Bertz CT molecular complexity index is 458. The van der Waals surface area contributed by atoms with Gasteiger partial charge >= 0.3 is 0 Å². The Morgan fingerprint density at radius 1 is 1.50 bits per heavy atom. The van der Waals surface area contributed by atoms with Crippen molar-refractivity contribution in [3.8, 4) is 0 Å². The van der Waals surface area contributed by atoms with Crippen LogP contribution in [0.15, 0.2) is 23.0 Å². The number of carbonyl (C=O) groups excluding carboxylic acids is 1. The van der Waals surface area contributed by atoms with E-state index in [4.69, 9.17) is 9.15 Å². The molecule has 110 valence electrons. The number of fused-ring (bicyclic) bond motifs is 1. The largest absolute Gasteiger partial charge is 0.472 e. The van der Waals surface area contributed by atoms with Crippen LogP contribution in [0.3, 0.4) is 0 Å². The summed E-state index contributed by atoms with van der Waals surface area (Å²) in [5.74, 6) is 0.630. The Labute approximate surface area is 119 Å². The minimum Gasteiger partial charge on any atom is -0.472 e. The third kappa shape index (κ3) is 2.74. The molecule has 0 unspecified atom stereocenters.